The standard InChI is InChI=1S/C14H24N2OS/c1-10(2)8-13(15)14(17)16(4)11(3)9-12-6-5-7-18-12/h5-7,10-11,13H,8-9,15H2,1-4H3/t11?,13-/m0/s1. The summed E-state index contributed by atoms with van der Waals surface area (Å²) in [6.45, 7) is 6.24. The molecule has 0 bridgehead atoms. The van der Waals surface area contributed by atoms with Crippen LogP contribution in [0.2, 0.25) is 0 Å². The van der Waals surface area contributed by atoms with Gasteiger partial charge in [-0.3, -0.25) is 4.79 Å². The molecule has 1 heterocycles. The number of thiophene rings is 1. The summed E-state index contributed by atoms with van der Waals surface area (Å²) < 4.78 is 0. The van der Waals surface area contributed by atoms with Crippen molar-refractivity contribution in [3.63, 3.8) is 0 Å². The lowest BCUT2D eigenvalue weighted by Crippen LogP contribution is -2.46. The quantitative estimate of drug-likeness (QED) is 0.861. The van der Waals surface area contributed by atoms with Crippen molar-refractivity contribution in [2.45, 2.75) is 45.7 Å². The minimum absolute atomic E-state index is 0.0488. The van der Waals surface area contributed by atoms with Gasteiger partial charge in [0.1, 0.15) is 0 Å². The molecule has 1 unspecified atom stereocenters. The van der Waals surface area contributed by atoms with Crippen LogP contribution in [-0.4, -0.2) is 29.9 Å². The van der Waals surface area contributed by atoms with Crippen LogP contribution < -0.4 is 5.73 Å². The Labute approximate surface area is 114 Å². The van der Waals surface area contributed by atoms with Gasteiger partial charge in [0.2, 0.25) is 5.91 Å². The number of carbonyl (C=O) groups is 1. The molecule has 1 amide bonds. The Morgan fingerprint density at radius 1 is 1.44 bits per heavy atom. The minimum Gasteiger partial charge on any atom is -0.341 e. The normalized spacial score (nSPS) is 14.6. The fourth-order valence-corrected chi connectivity index (χ4v) is 2.77. The Morgan fingerprint density at radius 2 is 2.11 bits per heavy atom. The number of carbonyl (C=O) groups excluding carboxylic acids is 1. The number of nitrogens with two attached hydrogens (primary N) is 1. The van der Waals surface area contributed by atoms with E-state index in [1.54, 1.807) is 16.2 Å². The molecule has 1 aromatic heterocycles. The fraction of sp³-hybridized carbons (Fsp3) is 0.643. The maximum atomic E-state index is 12.2. The van der Waals surface area contributed by atoms with Crippen LogP contribution in [0.1, 0.15) is 32.1 Å². The summed E-state index contributed by atoms with van der Waals surface area (Å²) in [6.07, 6.45) is 1.64. The molecule has 18 heavy (non-hydrogen) atoms. The first-order valence-electron chi connectivity index (χ1n) is 6.46. The monoisotopic (exact) mass is 268 g/mol. The second-order valence-corrected chi connectivity index (χ2v) is 6.35. The molecule has 0 spiro atoms. The molecule has 0 saturated heterocycles. The van der Waals surface area contributed by atoms with Crippen LogP contribution >= 0.6 is 11.3 Å². The summed E-state index contributed by atoms with van der Waals surface area (Å²) in [5.74, 6) is 0.498. The van der Waals surface area contributed by atoms with Crippen LogP contribution in [-0.2, 0) is 11.2 Å². The van der Waals surface area contributed by atoms with Gasteiger partial charge in [-0.2, -0.15) is 0 Å². The van der Waals surface area contributed by atoms with E-state index in [4.69, 9.17) is 5.73 Å². The molecule has 0 saturated carbocycles. The Bertz CT molecular complexity index is 362. The Balaban J connectivity index is 2.52. The molecule has 1 rings (SSSR count). The number of nitrogens with zero attached hydrogens (tertiary/aromatic N) is 1. The number of hydrogen-bond acceptors (Lipinski definition) is 3. The average molecular weight is 268 g/mol. The second-order valence-electron chi connectivity index (χ2n) is 5.32. The molecule has 4 heteroatoms. The van der Waals surface area contributed by atoms with E-state index in [0.717, 1.165) is 12.8 Å². The first-order valence-corrected chi connectivity index (χ1v) is 7.34. The van der Waals surface area contributed by atoms with Crippen LogP contribution in [0.25, 0.3) is 0 Å². The third kappa shape index (κ3) is 4.42. The lowest BCUT2D eigenvalue weighted by molar-refractivity contribution is -0.133. The van der Waals surface area contributed by atoms with E-state index in [2.05, 4.69) is 32.2 Å². The molecular formula is C14H24N2OS. The predicted octanol–water partition coefficient (Wildman–Crippen LogP) is 2.51. The minimum atomic E-state index is -0.374. The molecular weight excluding hydrogens is 244 g/mol. The van der Waals surface area contributed by atoms with Crippen molar-refractivity contribution in [1.29, 1.82) is 0 Å². The first-order chi connectivity index (χ1) is 8.41. The zero-order valence-corrected chi connectivity index (χ0v) is 12.5. The summed E-state index contributed by atoms with van der Waals surface area (Å²) in [5.41, 5.74) is 5.94. The van der Waals surface area contributed by atoms with Crippen molar-refractivity contribution in [3.8, 4) is 0 Å². The molecule has 1 aromatic rings. The van der Waals surface area contributed by atoms with Gasteiger partial charge in [0.05, 0.1) is 6.04 Å². The van der Waals surface area contributed by atoms with Crippen LogP contribution in [0.15, 0.2) is 17.5 Å². The smallest absolute Gasteiger partial charge is 0.239 e. The highest BCUT2D eigenvalue weighted by molar-refractivity contribution is 7.09. The van der Waals surface area contributed by atoms with Gasteiger partial charge in [-0.15, -0.1) is 11.3 Å². The van der Waals surface area contributed by atoms with Crippen molar-refractivity contribution in [2.24, 2.45) is 11.7 Å². The summed E-state index contributed by atoms with van der Waals surface area (Å²) in [7, 11) is 1.85. The number of amides is 1. The Hall–Kier alpha value is -0.870. The highest BCUT2D eigenvalue weighted by Crippen LogP contribution is 2.14. The van der Waals surface area contributed by atoms with E-state index >= 15 is 0 Å². The fourth-order valence-electron chi connectivity index (χ4n) is 1.94. The predicted molar refractivity (Wildman–Crippen MR) is 77.7 cm³/mol. The number of rotatable bonds is 6. The van der Waals surface area contributed by atoms with Crippen molar-refractivity contribution in [1.82, 2.24) is 4.90 Å². The van der Waals surface area contributed by atoms with Crippen LogP contribution in [0.5, 0.6) is 0 Å². The molecule has 2 atom stereocenters. The lowest BCUT2D eigenvalue weighted by Gasteiger charge is -2.28. The maximum absolute atomic E-state index is 12.2. The van der Waals surface area contributed by atoms with Crippen molar-refractivity contribution in [2.75, 3.05) is 7.05 Å². The third-order valence-electron chi connectivity index (χ3n) is 3.13. The molecule has 0 aliphatic carbocycles. The van der Waals surface area contributed by atoms with Gasteiger partial charge in [0.25, 0.3) is 0 Å². The van der Waals surface area contributed by atoms with Crippen molar-refractivity contribution < 1.29 is 4.79 Å². The summed E-state index contributed by atoms with van der Waals surface area (Å²) in [6, 6.07) is 3.96. The number of hydrogen-bond donors (Lipinski definition) is 1. The lowest BCUT2D eigenvalue weighted by atomic mass is 10.0. The van der Waals surface area contributed by atoms with E-state index in [1.165, 1.54) is 4.88 Å². The van der Waals surface area contributed by atoms with E-state index < -0.39 is 0 Å². The van der Waals surface area contributed by atoms with Gasteiger partial charge in [-0.25, -0.2) is 0 Å². The molecule has 3 nitrogen and oxygen atoms in total. The molecule has 0 aliphatic heterocycles. The molecule has 2 N–H and O–H groups in total. The van der Waals surface area contributed by atoms with Gasteiger partial charge >= 0.3 is 0 Å². The Kier molecular flexibility index (Phi) is 5.82. The molecule has 102 valence electrons. The van der Waals surface area contributed by atoms with E-state index in [-0.39, 0.29) is 18.0 Å². The van der Waals surface area contributed by atoms with E-state index in [0.29, 0.717) is 5.92 Å². The summed E-state index contributed by atoms with van der Waals surface area (Å²) in [5, 5.41) is 2.06. The van der Waals surface area contributed by atoms with Crippen LogP contribution in [0, 0.1) is 5.92 Å². The third-order valence-corrected chi connectivity index (χ3v) is 4.03. The van der Waals surface area contributed by atoms with Gasteiger partial charge in [-0.05, 0) is 30.7 Å². The molecule has 0 fully saturated rings. The summed E-state index contributed by atoms with van der Waals surface area (Å²) in [4.78, 5) is 15.2. The van der Waals surface area contributed by atoms with Crippen molar-refractivity contribution >= 4 is 17.2 Å². The first kappa shape index (κ1) is 15.2. The highest BCUT2D eigenvalue weighted by atomic mass is 32.1. The second kappa shape index (κ2) is 6.90. The molecule has 0 radical (unpaired) electrons. The van der Waals surface area contributed by atoms with Gasteiger partial charge in [0, 0.05) is 24.4 Å². The summed E-state index contributed by atoms with van der Waals surface area (Å²) >= 11 is 1.73. The zero-order chi connectivity index (χ0) is 13.7. The maximum Gasteiger partial charge on any atom is 0.239 e. The zero-order valence-electron chi connectivity index (χ0n) is 11.7. The largest absolute Gasteiger partial charge is 0.341 e. The highest BCUT2D eigenvalue weighted by Gasteiger charge is 2.22. The topological polar surface area (TPSA) is 46.3 Å². The van der Waals surface area contributed by atoms with Gasteiger partial charge < -0.3 is 10.6 Å². The molecule has 0 aromatic carbocycles. The van der Waals surface area contributed by atoms with Gasteiger partial charge in [-0.1, -0.05) is 19.9 Å². The Morgan fingerprint density at radius 3 is 2.61 bits per heavy atom. The van der Waals surface area contributed by atoms with Crippen molar-refractivity contribution in [3.05, 3.63) is 22.4 Å². The number of likely N-dealkylation sites (N-methyl/N-ethyl adjacent to an activating group) is 1. The molecule has 0 aliphatic rings. The van der Waals surface area contributed by atoms with Crippen LogP contribution in [0.3, 0.4) is 0 Å². The SMILES string of the molecule is CC(C)C[C@H](N)C(=O)N(C)C(C)Cc1cccs1. The average Bonchev–Trinajstić information content (AvgIpc) is 2.78. The van der Waals surface area contributed by atoms with Gasteiger partial charge in [0.15, 0.2) is 0 Å². The van der Waals surface area contributed by atoms with E-state index in [9.17, 15) is 4.79 Å². The van der Waals surface area contributed by atoms with E-state index in [1.807, 2.05) is 13.1 Å². The van der Waals surface area contributed by atoms with Crippen LogP contribution in [0.4, 0.5) is 0 Å².